The van der Waals surface area contributed by atoms with E-state index in [1.807, 2.05) is 36.6 Å². The molecule has 4 rings (SSSR count). The molecular weight excluding hydrogens is 334 g/mol. The lowest BCUT2D eigenvalue weighted by Gasteiger charge is -2.38. The molecular formula is C19H21N3O2S. The lowest BCUT2D eigenvalue weighted by molar-refractivity contribution is 0.0344. The van der Waals surface area contributed by atoms with Crippen LogP contribution < -0.4 is 4.74 Å². The Labute approximate surface area is 151 Å². The van der Waals surface area contributed by atoms with E-state index in [1.54, 1.807) is 12.4 Å². The Balaban J connectivity index is 1.50. The van der Waals surface area contributed by atoms with Gasteiger partial charge in [0.25, 0.3) is 5.91 Å². The number of piperidine rings is 1. The molecule has 1 amide bonds. The van der Waals surface area contributed by atoms with E-state index in [2.05, 4.69) is 14.9 Å². The summed E-state index contributed by atoms with van der Waals surface area (Å²) in [6.07, 6.45) is 9.41. The van der Waals surface area contributed by atoms with Crippen molar-refractivity contribution < 1.29 is 9.53 Å². The maximum absolute atomic E-state index is 13.1. The first-order chi connectivity index (χ1) is 12.3. The third-order valence-electron chi connectivity index (χ3n) is 5.04. The van der Waals surface area contributed by atoms with Gasteiger partial charge in [-0.15, -0.1) is 11.8 Å². The second-order valence-electron chi connectivity index (χ2n) is 6.54. The van der Waals surface area contributed by atoms with Gasteiger partial charge in [-0.25, -0.2) is 9.97 Å². The molecule has 0 radical (unpaired) electrons. The van der Waals surface area contributed by atoms with Gasteiger partial charge < -0.3 is 9.64 Å². The van der Waals surface area contributed by atoms with Crippen LogP contribution in [0.25, 0.3) is 0 Å². The third-order valence-corrected chi connectivity index (χ3v) is 5.76. The second kappa shape index (κ2) is 7.04. The van der Waals surface area contributed by atoms with Crippen LogP contribution in [0.1, 0.15) is 36.0 Å². The van der Waals surface area contributed by atoms with E-state index >= 15 is 0 Å². The zero-order chi connectivity index (χ0) is 17.2. The van der Waals surface area contributed by atoms with Gasteiger partial charge in [-0.2, -0.15) is 0 Å². The quantitative estimate of drug-likeness (QED) is 0.787. The summed E-state index contributed by atoms with van der Waals surface area (Å²) in [6.45, 7) is 0. The topological polar surface area (TPSA) is 55.3 Å². The summed E-state index contributed by atoms with van der Waals surface area (Å²) in [5.41, 5.74) is 0.719. The van der Waals surface area contributed by atoms with Crippen LogP contribution >= 0.6 is 11.8 Å². The molecule has 2 aromatic heterocycles. The van der Waals surface area contributed by atoms with E-state index in [0.29, 0.717) is 5.88 Å². The smallest absolute Gasteiger partial charge is 0.257 e. The highest BCUT2D eigenvalue weighted by molar-refractivity contribution is 7.98. The molecule has 6 heteroatoms. The Morgan fingerprint density at radius 2 is 1.88 bits per heavy atom. The van der Waals surface area contributed by atoms with Crippen LogP contribution in [0.3, 0.4) is 0 Å². The molecule has 2 aromatic rings. The van der Waals surface area contributed by atoms with Gasteiger partial charge in [0.15, 0.2) is 0 Å². The zero-order valence-corrected chi connectivity index (χ0v) is 15.0. The fourth-order valence-corrected chi connectivity index (χ4v) is 4.54. The maximum atomic E-state index is 13.1. The van der Waals surface area contributed by atoms with E-state index < -0.39 is 0 Å². The number of rotatable bonds is 4. The maximum Gasteiger partial charge on any atom is 0.257 e. The average molecular weight is 355 g/mol. The number of thioether (sulfide) groups is 1. The van der Waals surface area contributed by atoms with Crippen LogP contribution in [-0.2, 0) is 0 Å². The van der Waals surface area contributed by atoms with Crippen LogP contribution in [0.2, 0.25) is 0 Å². The Kier molecular flexibility index (Phi) is 4.61. The number of hydrogen-bond donors (Lipinski definition) is 0. The molecule has 2 unspecified atom stereocenters. The first kappa shape index (κ1) is 16.4. The van der Waals surface area contributed by atoms with Crippen LogP contribution in [-0.4, -0.2) is 45.2 Å². The van der Waals surface area contributed by atoms with Crippen molar-refractivity contribution in [3.05, 3.63) is 48.3 Å². The van der Waals surface area contributed by atoms with Gasteiger partial charge in [-0.3, -0.25) is 4.79 Å². The predicted molar refractivity (Wildman–Crippen MR) is 96.9 cm³/mol. The fourth-order valence-electron chi connectivity index (χ4n) is 4.00. The number of hydrogen-bond acceptors (Lipinski definition) is 5. The zero-order valence-electron chi connectivity index (χ0n) is 14.2. The highest BCUT2D eigenvalue weighted by Crippen LogP contribution is 2.38. The van der Waals surface area contributed by atoms with Gasteiger partial charge in [0.2, 0.25) is 5.88 Å². The molecule has 0 spiro atoms. The molecule has 0 saturated carbocycles. The number of ether oxygens (including phenoxy) is 1. The summed E-state index contributed by atoms with van der Waals surface area (Å²) in [6, 6.07) is 9.92. The number of fused-ring (bicyclic) bond motifs is 2. The number of carbonyl (C=O) groups excluding carboxylic acids is 1. The monoisotopic (exact) mass is 355 g/mol. The lowest BCUT2D eigenvalue weighted by atomic mass is 9.98. The highest BCUT2D eigenvalue weighted by atomic mass is 32.2. The Morgan fingerprint density at radius 3 is 2.56 bits per heavy atom. The van der Waals surface area contributed by atoms with Crippen molar-refractivity contribution in [2.75, 3.05) is 6.26 Å². The van der Waals surface area contributed by atoms with Crippen molar-refractivity contribution >= 4 is 17.7 Å². The summed E-state index contributed by atoms with van der Waals surface area (Å²) in [7, 11) is 0. The molecule has 2 fully saturated rings. The number of amides is 1. The largest absolute Gasteiger partial charge is 0.474 e. The van der Waals surface area contributed by atoms with E-state index in [-0.39, 0.29) is 24.1 Å². The van der Waals surface area contributed by atoms with Crippen LogP contribution in [0.5, 0.6) is 5.88 Å². The van der Waals surface area contributed by atoms with E-state index in [9.17, 15) is 4.79 Å². The van der Waals surface area contributed by atoms with Crippen LogP contribution in [0, 0.1) is 0 Å². The van der Waals surface area contributed by atoms with Gasteiger partial charge in [0.1, 0.15) is 11.1 Å². The van der Waals surface area contributed by atoms with Crippen molar-refractivity contribution in [3.63, 3.8) is 0 Å². The first-order valence-corrected chi connectivity index (χ1v) is 9.88. The lowest BCUT2D eigenvalue weighted by Crippen LogP contribution is -2.49. The standard InChI is InChI=1S/C19H21N3O2S/c1-25-18-16(5-4-10-21-18)19(23)22-13-7-8-14(22)12-15(11-13)24-17-6-2-3-9-20-17/h2-6,9-10,13-15H,7-8,11-12H2,1H3. The minimum atomic E-state index is 0.112. The van der Waals surface area contributed by atoms with Crippen LogP contribution in [0.15, 0.2) is 47.8 Å². The van der Waals surface area contributed by atoms with Crippen molar-refractivity contribution in [1.82, 2.24) is 14.9 Å². The van der Waals surface area contributed by atoms with Gasteiger partial charge in [0, 0.05) is 43.4 Å². The highest BCUT2D eigenvalue weighted by Gasteiger charge is 2.44. The molecule has 0 aromatic carbocycles. The van der Waals surface area contributed by atoms with E-state index in [1.165, 1.54) is 11.8 Å². The average Bonchev–Trinajstić information content (AvgIpc) is 2.92. The molecule has 2 bridgehead atoms. The first-order valence-electron chi connectivity index (χ1n) is 8.65. The van der Waals surface area contributed by atoms with E-state index in [4.69, 9.17) is 4.74 Å². The molecule has 5 nitrogen and oxygen atoms in total. The van der Waals surface area contributed by atoms with Crippen molar-refractivity contribution in [2.24, 2.45) is 0 Å². The fraction of sp³-hybridized carbons (Fsp3) is 0.421. The summed E-state index contributed by atoms with van der Waals surface area (Å²) in [5, 5.41) is 0.804. The van der Waals surface area contributed by atoms with Crippen LogP contribution in [0.4, 0.5) is 0 Å². The SMILES string of the molecule is CSc1ncccc1C(=O)N1C2CCC1CC(Oc1ccccn1)C2. The molecule has 0 N–H and O–H groups in total. The molecule has 2 saturated heterocycles. The third kappa shape index (κ3) is 3.23. The summed E-state index contributed by atoms with van der Waals surface area (Å²) >= 11 is 1.52. The van der Waals surface area contributed by atoms with Crippen molar-refractivity contribution in [2.45, 2.75) is 48.9 Å². The van der Waals surface area contributed by atoms with Gasteiger partial charge >= 0.3 is 0 Å². The number of carbonyl (C=O) groups is 1. The second-order valence-corrected chi connectivity index (χ2v) is 7.33. The molecule has 4 heterocycles. The summed E-state index contributed by atoms with van der Waals surface area (Å²) in [4.78, 5) is 23.8. The summed E-state index contributed by atoms with van der Waals surface area (Å²) in [5.74, 6) is 0.782. The number of aromatic nitrogens is 2. The molecule has 130 valence electrons. The Bertz CT molecular complexity index is 741. The van der Waals surface area contributed by atoms with Crippen molar-refractivity contribution in [1.29, 1.82) is 0 Å². The van der Waals surface area contributed by atoms with E-state index in [0.717, 1.165) is 36.3 Å². The molecule has 2 atom stereocenters. The van der Waals surface area contributed by atoms with Gasteiger partial charge in [-0.1, -0.05) is 6.07 Å². The number of nitrogens with zero attached hydrogens (tertiary/aromatic N) is 3. The minimum Gasteiger partial charge on any atom is -0.474 e. The summed E-state index contributed by atoms with van der Waals surface area (Å²) < 4.78 is 6.05. The number of pyridine rings is 2. The molecule has 2 aliphatic heterocycles. The molecule has 25 heavy (non-hydrogen) atoms. The van der Waals surface area contributed by atoms with Gasteiger partial charge in [0.05, 0.1) is 5.56 Å². The molecule has 0 aliphatic carbocycles. The minimum absolute atomic E-state index is 0.112. The predicted octanol–water partition coefficient (Wildman–Crippen LogP) is 3.41. The van der Waals surface area contributed by atoms with Crippen molar-refractivity contribution in [3.8, 4) is 5.88 Å². The Hall–Kier alpha value is -2.08. The van der Waals surface area contributed by atoms with Gasteiger partial charge in [-0.05, 0) is 37.3 Å². The Morgan fingerprint density at radius 1 is 1.12 bits per heavy atom. The normalized spacial score (nSPS) is 25.0. The molecule has 2 aliphatic rings.